The highest BCUT2D eigenvalue weighted by molar-refractivity contribution is 4.87. The fraction of sp³-hybridized carbons (Fsp3) is 0.818. The number of hydrogen-bond acceptors (Lipinski definition) is 1. The first-order valence-corrected chi connectivity index (χ1v) is 5.09. The molecule has 0 aliphatic rings. The van der Waals surface area contributed by atoms with Crippen LogP contribution in [0, 0.1) is 5.92 Å². The maximum Gasteiger partial charge on any atom is 0.0543 e. The van der Waals surface area contributed by atoms with Crippen LogP contribution >= 0.6 is 0 Å². The largest absolute Gasteiger partial charge is 0.393 e. The second-order valence-corrected chi connectivity index (χ2v) is 3.30. The summed E-state index contributed by atoms with van der Waals surface area (Å²) in [7, 11) is 0. The summed E-state index contributed by atoms with van der Waals surface area (Å²) in [6.45, 7) is 6.34. The topological polar surface area (TPSA) is 20.2 Å². The van der Waals surface area contributed by atoms with E-state index >= 15 is 0 Å². The number of rotatable bonds is 6. The third-order valence-electron chi connectivity index (χ3n) is 2.21. The molecule has 0 fully saturated rings. The molecule has 0 heterocycles. The van der Waals surface area contributed by atoms with Crippen molar-refractivity contribution in [1.29, 1.82) is 0 Å². The van der Waals surface area contributed by atoms with E-state index < -0.39 is 0 Å². The van der Waals surface area contributed by atoms with Crippen molar-refractivity contribution < 1.29 is 5.11 Å². The molecule has 0 saturated heterocycles. The average molecular weight is 170 g/mol. The zero-order valence-corrected chi connectivity index (χ0v) is 8.59. The predicted molar refractivity (Wildman–Crippen MR) is 54.1 cm³/mol. The van der Waals surface area contributed by atoms with E-state index in [2.05, 4.69) is 26.0 Å². The lowest BCUT2D eigenvalue weighted by molar-refractivity contribution is 0.145. The van der Waals surface area contributed by atoms with Gasteiger partial charge in [0, 0.05) is 0 Å². The van der Waals surface area contributed by atoms with E-state index in [0.717, 1.165) is 25.7 Å². The standard InChI is InChI=1S/C11H22O/c1-4-7-8-10(5-2)9-11(12)6-3/h7-8,10-12H,4-6,9H2,1-3H3/b8-7+. The minimum Gasteiger partial charge on any atom is -0.393 e. The van der Waals surface area contributed by atoms with Crippen molar-refractivity contribution in [2.45, 2.75) is 52.6 Å². The van der Waals surface area contributed by atoms with Gasteiger partial charge in [-0.05, 0) is 31.6 Å². The van der Waals surface area contributed by atoms with Crippen LogP contribution in [0.5, 0.6) is 0 Å². The van der Waals surface area contributed by atoms with Gasteiger partial charge in [-0.3, -0.25) is 0 Å². The molecule has 72 valence electrons. The van der Waals surface area contributed by atoms with E-state index in [1.165, 1.54) is 0 Å². The van der Waals surface area contributed by atoms with Crippen molar-refractivity contribution in [2.24, 2.45) is 5.92 Å². The highest BCUT2D eigenvalue weighted by atomic mass is 16.3. The molecule has 12 heavy (non-hydrogen) atoms. The van der Waals surface area contributed by atoms with Gasteiger partial charge in [0.2, 0.25) is 0 Å². The van der Waals surface area contributed by atoms with Gasteiger partial charge >= 0.3 is 0 Å². The summed E-state index contributed by atoms with van der Waals surface area (Å²) in [5.41, 5.74) is 0. The zero-order valence-electron chi connectivity index (χ0n) is 8.59. The van der Waals surface area contributed by atoms with Crippen molar-refractivity contribution in [3.8, 4) is 0 Å². The molecule has 0 rings (SSSR count). The Bertz CT molecular complexity index is 118. The van der Waals surface area contributed by atoms with Gasteiger partial charge in [-0.2, -0.15) is 0 Å². The predicted octanol–water partition coefficient (Wildman–Crippen LogP) is 3.14. The van der Waals surface area contributed by atoms with Gasteiger partial charge in [-0.25, -0.2) is 0 Å². The molecule has 0 aromatic rings. The summed E-state index contributed by atoms with van der Waals surface area (Å²) < 4.78 is 0. The molecule has 0 aliphatic carbocycles. The van der Waals surface area contributed by atoms with Crippen LogP contribution in [0.3, 0.4) is 0 Å². The van der Waals surface area contributed by atoms with Crippen molar-refractivity contribution >= 4 is 0 Å². The Kier molecular flexibility index (Phi) is 7.17. The lowest BCUT2D eigenvalue weighted by atomic mass is 9.97. The van der Waals surface area contributed by atoms with E-state index in [1.807, 2.05) is 6.92 Å². The zero-order chi connectivity index (χ0) is 9.40. The van der Waals surface area contributed by atoms with Gasteiger partial charge in [0.05, 0.1) is 6.10 Å². The Hall–Kier alpha value is -0.300. The number of hydrogen-bond donors (Lipinski definition) is 1. The van der Waals surface area contributed by atoms with Gasteiger partial charge < -0.3 is 5.11 Å². The molecule has 2 unspecified atom stereocenters. The van der Waals surface area contributed by atoms with Crippen LogP contribution in [0.1, 0.15) is 46.5 Å². The molecular weight excluding hydrogens is 148 g/mol. The van der Waals surface area contributed by atoms with Crippen LogP contribution in [0.15, 0.2) is 12.2 Å². The third-order valence-corrected chi connectivity index (χ3v) is 2.21. The second kappa shape index (κ2) is 7.35. The maximum absolute atomic E-state index is 9.42. The number of aliphatic hydroxyl groups is 1. The van der Waals surface area contributed by atoms with Crippen molar-refractivity contribution in [1.82, 2.24) is 0 Å². The summed E-state index contributed by atoms with van der Waals surface area (Å²) in [6, 6.07) is 0. The Morgan fingerprint density at radius 1 is 1.17 bits per heavy atom. The summed E-state index contributed by atoms with van der Waals surface area (Å²) in [4.78, 5) is 0. The van der Waals surface area contributed by atoms with Gasteiger partial charge in [-0.15, -0.1) is 0 Å². The van der Waals surface area contributed by atoms with E-state index in [4.69, 9.17) is 0 Å². The number of aliphatic hydroxyl groups excluding tert-OH is 1. The fourth-order valence-corrected chi connectivity index (χ4v) is 1.23. The normalized spacial score (nSPS) is 16.7. The van der Waals surface area contributed by atoms with Crippen molar-refractivity contribution in [3.63, 3.8) is 0 Å². The lowest BCUT2D eigenvalue weighted by Gasteiger charge is -2.13. The first-order valence-electron chi connectivity index (χ1n) is 5.09. The molecule has 0 amide bonds. The van der Waals surface area contributed by atoms with E-state index in [0.29, 0.717) is 5.92 Å². The van der Waals surface area contributed by atoms with E-state index in [1.54, 1.807) is 0 Å². The van der Waals surface area contributed by atoms with Crippen LogP contribution in [0.25, 0.3) is 0 Å². The molecule has 2 atom stereocenters. The maximum atomic E-state index is 9.42. The molecule has 1 N–H and O–H groups in total. The molecular formula is C11H22O. The Morgan fingerprint density at radius 2 is 1.83 bits per heavy atom. The molecule has 0 bridgehead atoms. The summed E-state index contributed by atoms with van der Waals surface area (Å²) in [5.74, 6) is 0.569. The SMILES string of the molecule is CC/C=C/C(CC)CC(O)CC. The molecule has 0 radical (unpaired) electrons. The van der Waals surface area contributed by atoms with Crippen molar-refractivity contribution in [3.05, 3.63) is 12.2 Å². The Labute approximate surface area is 76.5 Å². The molecule has 0 aromatic heterocycles. The Balaban J connectivity index is 3.74. The minimum absolute atomic E-state index is 0.114. The van der Waals surface area contributed by atoms with Gasteiger partial charge in [0.25, 0.3) is 0 Å². The highest BCUT2D eigenvalue weighted by Crippen LogP contribution is 2.14. The molecule has 0 spiro atoms. The van der Waals surface area contributed by atoms with E-state index in [9.17, 15) is 5.11 Å². The molecule has 1 heteroatoms. The number of allylic oxidation sites excluding steroid dienone is 2. The highest BCUT2D eigenvalue weighted by Gasteiger charge is 2.07. The lowest BCUT2D eigenvalue weighted by Crippen LogP contribution is -2.10. The minimum atomic E-state index is -0.114. The van der Waals surface area contributed by atoms with Crippen LogP contribution < -0.4 is 0 Å². The molecule has 0 aromatic carbocycles. The smallest absolute Gasteiger partial charge is 0.0543 e. The van der Waals surface area contributed by atoms with Crippen molar-refractivity contribution in [2.75, 3.05) is 0 Å². The molecule has 0 saturated carbocycles. The first-order chi connectivity index (χ1) is 5.74. The van der Waals surface area contributed by atoms with Gasteiger partial charge in [-0.1, -0.05) is 32.9 Å². The van der Waals surface area contributed by atoms with Crippen LogP contribution in [-0.4, -0.2) is 11.2 Å². The fourth-order valence-electron chi connectivity index (χ4n) is 1.23. The first kappa shape index (κ1) is 11.7. The summed E-state index contributed by atoms with van der Waals surface area (Å²) in [6.07, 6.45) is 8.33. The summed E-state index contributed by atoms with van der Waals surface area (Å²) >= 11 is 0. The molecule has 0 aliphatic heterocycles. The summed E-state index contributed by atoms with van der Waals surface area (Å²) in [5, 5.41) is 9.42. The average Bonchev–Trinajstić information content (AvgIpc) is 2.11. The Morgan fingerprint density at radius 3 is 2.25 bits per heavy atom. The van der Waals surface area contributed by atoms with Crippen LogP contribution in [-0.2, 0) is 0 Å². The van der Waals surface area contributed by atoms with E-state index in [-0.39, 0.29) is 6.10 Å². The van der Waals surface area contributed by atoms with Gasteiger partial charge in [0.1, 0.15) is 0 Å². The van der Waals surface area contributed by atoms with Crippen LogP contribution in [0.4, 0.5) is 0 Å². The van der Waals surface area contributed by atoms with Gasteiger partial charge in [0.15, 0.2) is 0 Å². The quantitative estimate of drug-likeness (QED) is 0.607. The molecule has 1 nitrogen and oxygen atoms in total. The second-order valence-electron chi connectivity index (χ2n) is 3.30. The van der Waals surface area contributed by atoms with Crippen LogP contribution in [0.2, 0.25) is 0 Å². The third kappa shape index (κ3) is 5.36. The monoisotopic (exact) mass is 170 g/mol.